The van der Waals surface area contributed by atoms with Gasteiger partial charge in [-0.05, 0) is 51.4 Å². The van der Waals surface area contributed by atoms with Crippen LogP contribution in [0.4, 0.5) is 13.2 Å². The molecule has 1 aliphatic rings. The van der Waals surface area contributed by atoms with E-state index in [4.69, 9.17) is 0 Å². The Balaban J connectivity index is 1.89. The predicted molar refractivity (Wildman–Crippen MR) is 87.7 cm³/mol. The van der Waals surface area contributed by atoms with Crippen LogP contribution < -0.4 is 5.32 Å². The van der Waals surface area contributed by atoms with E-state index in [1.165, 1.54) is 25.3 Å². The first-order valence-electron chi connectivity index (χ1n) is 8.36. The summed E-state index contributed by atoms with van der Waals surface area (Å²) in [5, 5.41) is 2.87. The van der Waals surface area contributed by atoms with Crippen LogP contribution in [0.1, 0.15) is 44.2 Å². The maximum Gasteiger partial charge on any atom is 0.416 e. The van der Waals surface area contributed by atoms with Crippen molar-refractivity contribution in [3.8, 4) is 0 Å². The van der Waals surface area contributed by atoms with Gasteiger partial charge in [-0.1, -0.05) is 24.6 Å². The predicted octanol–water partition coefficient (Wildman–Crippen LogP) is 3.63. The van der Waals surface area contributed by atoms with E-state index in [-0.39, 0.29) is 17.9 Å². The van der Waals surface area contributed by atoms with Crippen LogP contribution in [-0.2, 0) is 17.4 Å². The number of halogens is 3. The first-order chi connectivity index (χ1) is 11.2. The number of alkyl halides is 3. The van der Waals surface area contributed by atoms with Gasteiger partial charge >= 0.3 is 6.18 Å². The largest absolute Gasteiger partial charge is 0.416 e. The fourth-order valence-electron chi connectivity index (χ4n) is 3.03. The van der Waals surface area contributed by atoms with E-state index in [2.05, 4.69) is 24.1 Å². The highest BCUT2D eigenvalue weighted by molar-refractivity contribution is 5.78. The van der Waals surface area contributed by atoms with Gasteiger partial charge in [0.15, 0.2) is 0 Å². The van der Waals surface area contributed by atoms with Crippen LogP contribution in [0.2, 0.25) is 0 Å². The number of benzene rings is 1. The summed E-state index contributed by atoms with van der Waals surface area (Å²) in [5.41, 5.74) is -0.497. The van der Waals surface area contributed by atoms with E-state index in [0.717, 1.165) is 25.2 Å². The van der Waals surface area contributed by atoms with Gasteiger partial charge < -0.3 is 5.32 Å². The quantitative estimate of drug-likeness (QED) is 0.886. The van der Waals surface area contributed by atoms with Gasteiger partial charge in [0.05, 0.1) is 12.0 Å². The van der Waals surface area contributed by atoms with Crippen LogP contribution in [-0.4, -0.2) is 36.0 Å². The Hall–Kier alpha value is -1.56. The normalized spacial score (nSPS) is 16.9. The molecular formula is C18H25F3N2O. The summed E-state index contributed by atoms with van der Waals surface area (Å²) >= 11 is 0. The molecule has 0 radical (unpaired) electrons. The number of carbonyl (C=O) groups is 1. The third kappa shape index (κ3) is 5.23. The maximum absolute atomic E-state index is 12.7. The van der Waals surface area contributed by atoms with E-state index >= 15 is 0 Å². The Bertz CT molecular complexity index is 564. The number of piperidine rings is 1. The highest BCUT2D eigenvalue weighted by Gasteiger charge is 2.31. The lowest BCUT2D eigenvalue weighted by Crippen LogP contribution is -2.53. The molecule has 134 valence electrons. The highest BCUT2D eigenvalue weighted by atomic mass is 19.4. The van der Waals surface area contributed by atoms with E-state index < -0.39 is 11.7 Å². The van der Waals surface area contributed by atoms with Crippen molar-refractivity contribution in [2.24, 2.45) is 0 Å². The third-order valence-electron chi connectivity index (χ3n) is 4.55. The van der Waals surface area contributed by atoms with Crippen molar-refractivity contribution in [2.45, 2.75) is 51.2 Å². The molecule has 1 heterocycles. The Morgan fingerprint density at radius 2 is 1.83 bits per heavy atom. The molecule has 1 fully saturated rings. The second-order valence-electron chi connectivity index (χ2n) is 7.01. The number of hydrogen-bond acceptors (Lipinski definition) is 2. The van der Waals surface area contributed by atoms with Gasteiger partial charge in [0, 0.05) is 12.1 Å². The van der Waals surface area contributed by atoms with Gasteiger partial charge in [-0.2, -0.15) is 13.2 Å². The van der Waals surface area contributed by atoms with Crippen molar-refractivity contribution in [3.05, 3.63) is 35.4 Å². The lowest BCUT2D eigenvalue weighted by atomic mass is 9.98. The first-order valence-corrected chi connectivity index (χ1v) is 8.36. The second kappa shape index (κ2) is 7.55. The SMILES string of the molecule is CC(C)(CNC(=O)Cc1cccc(C(F)(F)F)c1)N1CCCCC1. The number of rotatable bonds is 5. The monoisotopic (exact) mass is 342 g/mol. The third-order valence-corrected chi connectivity index (χ3v) is 4.55. The number of carbonyl (C=O) groups excluding carboxylic acids is 1. The minimum absolute atomic E-state index is 0.0417. The summed E-state index contributed by atoms with van der Waals surface area (Å²) in [4.78, 5) is 14.5. The molecule has 0 atom stereocenters. The van der Waals surface area contributed by atoms with E-state index in [9.17, 15) is 18.0 Å². The minimum atomic E-state index is -4.39. The minimum Gasteiger partial charge on any atom is -0.354 e. The molecule has 0 aromatic heterocycles. The highest BCUT2D eigenvalue weighted by Crippen LogP contribution is 2.29. The van der Waals surface area contributed by atoms with Crippen molar-refractivity contribution >= 4 is 5.91 Å². The van der Waals surface area contributed by atoms with E-state index in [1.54, 1.807) is 6.07 Å². The molecule has 0 aliphatic carbocycles. The zero-order chi connectivity index (χ0) is 17.8. The Morgan fingerprint density at radius 1 is 1.17 bits per heavy atom. The Kier molecular flexibility index (Phi) is 5.91. The zero-order valence-electron chi connectivity index (χ0n) is 14.2. The Morgan fingerprint density at radius 3 is 2.46 bits per heavy atom. The van der Waals surface area contributed by atoms with Crippen molar-refractivity contribution < 1.29 is 18.0 Å². The van der Waals surface area contributed by atoms with Crippen LogP contribution in [0.15, 0.2) is 24.3 Å². The van der Waals surface area contributed by atoms with Gasteiger partial charge in [0.2, 0.25) is 5.91 Å². The van der Waals surface area contributed by atoms with Crippen LogP contribution in [0.3, 0.4) is 0 Å². The number of nitrogens with zero attached hydrogens (tertiary/aromatic N) is 1. The molecule has 0 spiro atoms. The summed E-state index contributed by atoms with van der Waals surface area (Å²) in [7, 11) is 0. The molecule has 0 saturated carbocycles. The van der Waals surface area contributed by atoms with Gasteiger partial charge in [-0.3, -0.25) is 9.69 Å². The maximum atomic E-state index is 12.7. The van der Waals surface area contributed by atoms with Crippen molar-refractivity contribution in [2.75, 3.05) is 19.6 Å². The molecule has 1 N–H and O–H groups in total. The number of likely N-dealkylation sites (tertiary alicyclic amines) is 1. The van der Waals surface area contributed by atoms with Crippen molar-refractivity contribution in [3.63, 3.8) is 0 Å². The fraction of sp³-hybridized carbons (Fsp3) is 0.611. The summed E-state index contributed by atoms with van der Waals surface area (Å²) in [5.74, 6) is -0.251. The molecule has 2 rings (SSSR count). The standard InChI is InChI=1S/C18H25F3N2O/c1-17(2,23-9-4-3-5-10-23)13-22-16(24)12-14-7-6-8-15(11-14)18(19,20)21/h6-8,11H,3-5,9-10,12-13H2,1-2H3,(H,22,24). The average molecular weight is 342 g/mol. The van der Waals surface area contributed by atoms with Gasteiger partial charge in [-0.25, -0.2) is 0 Å². The van der Waals surface area contributed by atoms with Crippen LogP contribution >= 0.6 is 0 Å². The summed E-state index contributed by atoms with van der Waals surface area (Å²) in [6.07, 6.45) is -0.847. The number of hydrogen-bond donors (Lipinski definition) is 1. The van der Waals surface area contributed by atoms with Crippen molar-refractivity contribution in [1.29, 1.82) is 0 Å². The molecule has 6 heteroatoms. The van der Waals surface area contributed by atoms with Crippen LogP contribution in [0, 0.1) is 0 Å². The molecule has 1 aromatic carbocycles. The zero-order valence-corrected chi connectivity index (χ0v) is 14.2. The molecule has 1 aliphatic heterocycles. The lowest BCUT2D eigenvalue weighted by Gasteiger charge is -2.41. The summed E-state index contributed by atoms with van der Waals surface area (Å²) in [6, 6.07) is 4.93. The fourth-order valence-corrected chi connectivity index (χ4v) is 3.03. The van der Waals surface area contributed by atoms with Crippen LogP contribution in [0.5, 0.6) is 0 Å². The smallest absolute Gasteiger partial charge is 0.354 e. The first kappa shape index (κ1) is 18.8. The second-order valence-corrected chi connectivity index (χ2v) is 7.01. The molecule has 1 saturated heterocycles. The topological polar surface area (TPSA) is 32.3 Å². The molecule has 1 aromatic rings. The number of amides is 1. The number of nitrogens with one attached hydrogen (secondary N) is 1. The Labute approximate surface area is 141 Å². The van der Waals surface area contributed by atoms with Crippen LogP contribution in [0.25, 0.3) is 0 Å². The summed E-state index contributed by atoms with van der Waals surface area (Å²) in [6.45, 7) is 6.71. The molecule has 24 heavy (non-hydrogen) atoms. The van der Waals surface area contributed by atoms with Gasteiger partial charge in [0.1, 0.15) is 0 Å². The average Bonchev–Trinajstić information content (AvgIpc) is 2.53. The molecular weight excluding hydrogens is 317 g/mol. The summed E-state index contributed by atoms with van der Waals surface area (Å²) < 4.78 is 38.1. The van der Waals surface area contributed by atoms with E-state index in [0.29, 0.717) is 12.1 Å². The molecule has 1 amide bonds. The van der Waals surface area contributed by atoms with E-state index in [1.807, 2.05) is 0 Å². The lowest BCUT2D eigenvalue weighted by molar-refractivity contribution is -0.137. The molecule has 0 bridgehead atoms. The van der Waals surface area contributed by atoms with Gasteiger partial charge in [0.25, 0.3) is 0 Å². The van der Waals surface area contributed by atoms with Gasteiger partial charge in [-0.15, -0.1) is 0 Å². The van der Waals surface area contributed by atoms with Crippen molar-refractivity contribution in [1.82, 2.24) is 10.2 Å². The molecule has 0 unspecified atom stereocenters. The molecule has 3 nitrogen and oxygen atoms in total.